The Morgan fingerprint density at radius 2 is 0.769 bits per heavy atom. The molecule has 10 nitrogen and oxygen atoms in total. The number of ether oxygens (including phenoxy) is 5. The molecule has 0 unspecified atom stereocenters. The van der Waals surface area contributed by atoms with Crippen LogP contribution in [0.15, 0.2) is 0 Å². The van der Waals surface area contributed by atoms with E-state index < -0.39 is 60.4 Å². The highest BCUT2D eigenvalue weighted by Crippen LogP contribution is 2.32. The molecule has 0 aromatic heterocycles. The summed E-state index contributed by atoms with van der Waals surface area (Å²) in [6.07, 6.45) is -6.07. The molecule has 0 heterocycles. The molecule has 0 aromatic carbocycles. The summed E-state index contributed by atoms with van der Waals surface area (Å²) in [7, 11) is 0. The van der Waals surface area contributed by atoms with Crippen molar-refractivity contribution in [3.8, 4) is 0 Å². The van der Waals surface area contributed by atoms with Crippen LogP contribution in [0.3, 0.4) is 0 Å². The SMILES string of the molecule is CC(=O)OC1[C@H](OC(C)=O)[C@H](OC(C)=O)C[C@@H](OC(C)=O)[C@H]1OC(C)=O. The van der Waals surface area contributed by atoms with E-state index >= 15 is 0 Å². The fraction of sp³-hybridized carbons (Fsp3) is 0.688. The lowest BCUT2D eigenvalue weighted by atomic mass is 9.86. The molecular formula is C16H22O10. The van der Waals surface area contributed by atoms with Gasteiger partial charge < -0.3 is 23.7 Å². The van der Waals surface area contributed by atoms with Gasteiger partial charge in [0.2, 0.25) is 0 Å². The smallest absolute Gasteiger partial charge is 0.303 e. The summed E-state index contributed by atoms with van der Waals surface area (Å²) in [5.74, 6) is -3.56. The fourth-order valence-electron chi connectivity index (χ4n) is 2.76. The molecule has 0 saturated heterocycles. The molecule has 0 aromatic rings. The van der Waals surface area contributed by atoms with Crippen LogP contribution in [0.5, 0.6) is 0 Å². The Balaban J connectivity index is 3.32. The molecule has 0 aliphatic heterocycles. The van der Waals surface area contributed by atoms with Crippen molar-refractivity contribution in [3.05, 3.63) is 0 Å². The third-order valence-electron chi connectivity index (χ3n) is 3.39. The lowest BCUT2D eigenvalue weighted by Crippen LogP contribution is -2.61. The zero-order valence-corrected chi connectivity index (χ0v) is 15.2. The van der Waals surface area contributed by atoms with Crippen LogP contribution < -0.4 is 0 Å². The van der Waals surface area contributed by atoms with Gasteiger partial charge in [-0.3, -0.25) is 24.0 Å². The van der Waals surface area contributed by atoms with Gasteiger partial charge in [0.15, 0.2) is 18.3 Å². The molecule has 1 saturated carbocycles. The Bertz CT molecular complexity index is 542. The zero-order valence-electron chi connectivity index (χ0n) is 15.2. The average molecular weight is 374 g/mol. The lowest BCUT2D eigenvalue weighted by Gasteiger charge is -2.43. The van der Waals surface area contributed by atoms with Gasteiger partial charge in [0.05, 0.1) is 0 Å². The number of carbonyl (C=O) groups is 5. The maximum Gasteiger partial charge on any atom is 0.303 e. The highest BCUT2D eigenvalue weighted by molar-refractivity contribution is 5.70. The monoisotopic (exact) mass is 374 g/mol. The molecule has 10 heteroatoms. The summed E-state index contributed by atoms with van der Waals surface area (Å²) in [6.45, 7) is 5.63. The van der Waals surface area contributed by atoms with Gasteiger partial charge >= 0.3 is 29.8 Å². The molecule has 4 atom stereocenters. The van der Waals surface area contributed by atoms with Crippen molar-refractivity contribution in [3.63, 3.8) is 0 Å². The molecular weight excluding hydrogens is 352 g/mol. The largest absolute Gasteiger partial charge is 0.458 e. The average Bonchev–Trinajstić information content (AvgIpc) is 2.44. The Hall–Kier alpha value is -2.65. The first-order valence-electron chi connectivity index (χ1n) is 7.87. The van der Waals surface area contributed by atoms with Crippen LogP contribution in [-0.4, -0.2) is 60.4 Å². The zero-order chi connectivity index (χ0) is 20.0. The van der Waals surface area contributed by atoms with E-state index in [-0.39, 0.29) is 6.42 Å². The van der Waals surface area contributed by atoms with E-state index in [4.69, 9.17) is 23.7 Å². The molecule has 0 radical (unpaired) electrons. The first-order chi connectivity index (χ1) is 12.0. The molecule has 1 aliphatic rings. The number of hydrogen-bond donors (Lipinski definition) is 0. The number of rotatable bonds is 5. The molecule has 26 heavy (non-hydrogen) atoms. The molecule has 0 N–H and O–H groups in total. The highest BCUT2D eigenvalue weighted by atomic mass is 16.6. The van der Waals surface area contributed by atoms with Crippen LogP contribution in [0, 0.1) is 0 Å². The first kappa shape index (κ1) is 21.4. The van der Waals surface area contributed by atoms with E-state index in [2.05, 4.69) is 0 Å². The van der Waals surface area contributed by atoms with Crippen molar-refractivity contribution in [2.75, 3.05) is 0 Å². The summed E-state index contributed by atoms with van der Waals surface area (Å²) in [4.78, 5) is 57.2. The van der Waals surface area contributed by atoms with Crippen molar-refractivity contribution < 1.29 is 47.7 Å². The predicted octanol–water partition coefficient (Wildman–Crippen LogP) is 0.0486. The van der Waals surface area contributed by atoms with Crippen LogP contribution in [0.4, 0.5) is 0 Å². The summed E-state index contributed by atoms with van der Waals surface area (Å²) >= 11 is 0. The molecule has 1 aliphatic carbocycles. The quantitative estimate of drug-likeness (QED) is 0.480. The van der Waals surface area contributed by atoms with Gasteiger partial charge in [0.1, 0.15) is 12.2 Å². The van der Waals surface area contributed by atoms with Crippen LogP contribution in [0.25, 0.3) is 0 Å². The second-order valence-corrected chi connectivity index (χ2v) is 5.75. The van der Waals surface area contributed by atoms with Gasteiger partial charge in [0, 0.05) is 41.0 Å². The fourth-order valence-corrected chi connectivity index (χ4v) is 2.76. The van der Waals surface area contributed by atoms with Crippen LogP contribution in [-0.2, 0) is 47.7 Å². The topological polar surface area (TPSA) is 132 Å². The van der Waals surface area contributed by atoms with Gasteiger partial charge in [-0.25, -0.2) is 0 Å². The maximum absolute atomic E-state index is 11.5. The lowest BCUT2D eigenvalue weighted by molar-refractivity contribution is -0.230. The minimum atomic E-state index is -1.33. The Kier molecular flexibility index (Phi) is 7.54. The van der Waals surface area contributed by atoms with E-state index in [0.717, 1.165) is 34.6 Å². The van der Waals surface area contributed by atoms with Gasteiger partial charge in [0.25, 0.3) is 0 Å². The van der Waals surface area contributed by atoms with Crippen LogP contribution in [0.1, 0.15) is 41.0 Å². The van der Waals surface area contributed by atoms with E-state index in [9.17, 15) is 24.0 Å². The molecule has 0 amide bonds. The van der Waals surface area contributed by atoms with Gasteiger partial charge in [-0.05, 0) is 0 Å². The molecule has 0 spiro atoms. The van der Waals surface area contributed by atoms with E-state index in [1.54, 1.807) is 0 Å². The maximum atomic E-state index is 11.5. The van der Waals surface area contributed by atoms with E-state index in [0.29, 0.717) is 0 Å². The van der Waals surface area contributed by atoms with Crippen LogP contribution in [0.2, 0.25) is 0 Å². The number of hydrogen-bond acceptors (Lipinski definition) is 10. The second-order valence-electron chi connectivity index (χ2n) is 5.75. The van der Waals surface area contributed by atoms with Crippen molar-refractivity contribution in [2.24, 2.45) is 0 Å². The minimum absolute atomic E-state index is 0.118. The van der Waals surface area contributed by atoms with E-state index in [1.807, 2.05) is 0 Å². The van der Waals surface area contributed by atoms with E-state index in [1.165, 1.54) is 0 Å². The van der Waals surface area contributed by atoms with Gasteiger partial charge in [-0.15, -0.1) is 0 Å². The second kappa shape index (κ2) is 9.16. The number of carbonyl (C=O) groups excluding carboxylic acids is 5. The molecule has 0 bridgehead atoms. The summed E-state index contributed by atoms with van der Waals surface area (Å²) < 4.78 is 25.8. The summed E-state index contributed by atoms with van der Waals surface area (Å²) in [5, 5.41) is 0. The Morgan fingerprint density at radius 3 is 1.04 bits per heavy atom. The van der Waals surface area contributed by atoms with Crippen molar-refractivity contribution in [1.29, 1.82) is 0 Å². The van der Waals surface area contributed by atoms with Crippen LogP contribution >= 0.6 is 0 Å². The summed E-state index contributed by atoms with van der Waals surface area (Å²) in [6, 6.07) is 0. The van der Waals surface area contributed by atoms with Crippen molar-refractivity contribution >= 4 is 29.8 Å². The molecule has 1 fully saturated rings. The minimum Gasteiger partial charge on any atom is -0.458 e. The van der Waals surface area contributed by atoms with Crippen molar-refractivity contribution in [2.45, 2.75) is 71.6 Å². The normalized spacial score (nSPS) is 27.7. The molecule has 146 valence electrons. The Labute approximate surface area is 150 Å². The Morgan fingerprint density at radius 1 is 0.500 bits per heavy atom. The standard InChI is InChI=1S/C16H22O10/c1-7(17)22-12-6-13(23-8(2)18)15(25-10(4)20)16(26-11(5)21)14(12)24-9(3)19/h12-16H,6H2,1-5H3/t12-,13-,14-,15-/m1/s1. The third-order valence-corrected chi connectivity index (χ3v) is 3.39. The predicted molar refractivity (Wildman–Crippen MR) is 82.4 cm³/mol. The third kappa shape index (κ3) is 6.34. The molecule has 1 rings (SSSR count). The highest BCUT2D eigenvalue weighted by Gasteiger charge is 2.53. The number of esters is 5. The first-order valence-corrected chi connectivity index (χ1v) is 7.87. The summed E-state index contributed by atoms with van der Waals surface area (Å²) in [5.41, 5.74) is 0. The van der Waals surface area contributed by atoms with Crippen molar-refractivity contribution in [1.82, 2.24) is 0 Å². The van der Waals surface area contributed by atoms with Gasteiger partial charge in [-0.2, -0.15) is 0 Å². The van der Waals surface area contributed by atoms with Gasteiger partial charge in [-0.1, -0.05) is 0 Å².